The van der Waals surface area contributed by atoms with Crippen LogP contribution in [0.1, 0.15) is 11.6 Å². The minimum Gasteiger partial charge on any atom is -1.00 e. The normalized spacial score (nSPS) is 10.7. The summed E-state index contributed by atoms with van der Waals surface area (Å²) in [5.41, 5.74) is 0. The molecule has 0 fully saturated rings. The zero-order valence-corrected chi connectivity index (χ0v) is 12.8. The van der Waals surface area contributed by atoms with E-state index in [0.29, 0.717) is 0 Å². The van der Waals surface area contributed by atoms with Gasteiger partial charge in [0.25, 0.3) is 5.82 Å². The first-order valence-corrected chi connectivity index (χ1v) is 5.40. The molecule has 2 aromatic heterocycles. The molecule has 0 spiro atoms. The number of halogens is 2. The second-order valence-corrected chi connectivity index (χ2v) is 4.13. The van der Waals surface area contributed by atoms with Gasteiger partial charge in [-0.1, -0.05) is 0 Å². The van der Waals surface area contributed by atoms with E-state index in [1.807, 2.05) is 50.8 Å². The summed E-state index contributed by atoms with van der Waals surface area (Å²) in [7, 11) is 4.02. The molecule has 0 radical (unpaired) electrons. The monoisotopic (exact) mass is 394 g/mol. The number of aryl methyl sites for hydroxylation is 2. The second kappa shape index (κ2) is 5.67. The summed E-state index contributed by atoms with van der Waals surface area (Å²) in [6.45, 7) is 0. The van der Waals surface area contributed by atoms with Crippen LogP contribution in [0.2, 0.25) is 0 Å². The molecular formula is C11H12BrIN2O. The molecule has 3 nitrogen and oxygen atoms in total. The van der Waals surface area contributed by atoms with Crippen LogP contribution >= 0.6 is 15.9 Å². The van der Waals surface area contributed by atoms with E-state index >= 15 is 0 Å². The Morgan fingerprint density at radius 2 is 2.12 bits per heavy atom. The molecule has 0 saturated heterocycles. The van der Waals surface area contributed by atoms with Crippen LogP contribution in [0, 0.1) is 0 Å². The summed E-state index contributed by atoms with van der Waals surface area (Å²) in [4.78, 5) is 0. The first kappa shape index (κ1) is 13.5. The van der Waals surface area contributed by atoms with Gasteiger partial charge in [-0.25, -0.2) is 9.13 Å². The Kier molecular flexibility index (Phi) is 4.79. The van der Waals surface area contributed by atoms with Crippen molar-refractivity contribution in [1.29, 1.82) is 0 Å². The molecule has 0 aliphatic carbocycles. The van der Waals surface area contributed by atoms with Crippen molar-refractivity contribution in [3.05, 3.63) is 40.8 Å². The van der Waals surface area contributed by atoms with Crippen LogP contribution in [0.5, 0.6) is 0 Å². The Morgan fingerprint density at radius 3 is 2.62 bits per heavy atom. The summed E-state index contributed by atoms with van der Waals surface area (Å²) >= 11 is 3.27. The molecular weight excluding hydrogens is 383 g/mol. The van der Waals surface area contributed by atoms with Crippen LogP contribution in [-0.4, -0.2) is 4.57 Å². The standard InChI is InChI=1S/C11H12BrN2O.HI/c1-13-7-8-14(2)11(13)6-4-9-3-5-10(12)15-9;/h3-8H,1-2H3;1H/q+1;/p-1/b6-4+;. The summed E-state index contributed by atoms with van der Waals surface area (Å²) < 4.78 is 10.2. The molecule has 5 heteroatoms. The molecule has 0 aromatic carbocycles. The lowest BCUT2D eigenvalue weighted by atomic mass is 10.4. The fourth-order valence-electron chi connectivity index (χ4n) is 1.41. The van der Waals surface area contributed by atoms with Crippen LogP contribution in [0.4, 0.5) is 0 Å². The Morgan fingerprint density at radius 1 is 1.38 bits per heavy atom. The van der Waals surface area contributed by atoms with Gasteiger partial charge in [0.1, 0.15) is 18.2 Å². The zero-order valence-electron chi connectivity index (χ0n) is 9.02. The van der Waals surface area contributed by atoms with Crippen LogP contribution in [-0.2, 0) is 14.1 Å². The summed E-state index contributed by atoms with van der Waals surface area (Å²) in [5, 5.41) is 0. The zero-order chi connectivity index (χ0) is 10.8. The van der Waals surface area contributed by atoms with Crippen molar-refractivity contribution in [1.82, 2.24) is 4.57 Å². The van der Waals surface area contributed by atoms with Crippen LogP contribution < -0.4 is 28.5 Å². The van der Waals surface area contributed by atoms with E-state index in [1.54, 1.807) is 0 Å². The topological polar surface area (TPSA) is 21.9 Å². The van der Waals surface area contributed by atoms with Gasteiger partial charge < -0.3 is 28.4 Å². The van der Waals surface area contributed by atoms with Gasteiger partial charge in [-0.3, -0.25) is 0 Å². The van der Waals surface area contributed by atoms with Crippen LogP contribution in [0.25, 0.3) is 12.2 Å². The average Bonchev–Trinajstić information content (AvgIpc) is 2.73. The van der Waals surface area contributed by atoms with E-state index in [9.17, 15) is 0 Å². The molecule has 0 aliphatic heterocycles. The molecule has 0 unspecified atom stereocenters. The molecule has 0 saturated carbocycles. The Hall–Kier alpha value is -0.560. The second-order valence-electron chi connectivity index (χ2n) is 3.35. The van der Waals surface area contributed by atoms with Crippen LogP contribution in [0.15, 0.2) is 33.6 Å². The molecule has 0 N–H and O–H groups in total. The molecule has 86 valence electrons. The molecule has 0 amide bonds. The molecule has 2 aromatic rings. The minimum absolute atomic E-state index is 0. The van der Waals surface area contributed by atoms with Gasteiger partial charge in [-0.15, -0.1) is 0 Å². The van der Waals surface area contributed by atoms with E-state index < -0.39 is 0 Å². The Balaban J connectivity index is 0.00000128. The van der Waals surface area contributed by atoms with Crippen molar-refractivity contribution in [2.24, 2.45) is 14.1 Å². The van der Waals surface area contributed by atoms with Gasteiger partial charge in [0, 0.05) is 6.08 Å². The number of hydrogen-bond donors (Lipinski definition) is 0. The highest BCUT2D eigenvalue weighted by Crippen LogP contribution is 2.15. The van der Waals surface area contributed by atoms with Gasteiger partial charge >= 0.3 is 0 Å². The van der Waals surface area contributed by atoms with Crippen molar-refractivity contribution >= 4 is 28.1 Å². The quantitative estimate of drug-likeness (QED) is 0.491. The highest BCUT2D eigenvalue weighted by Gasteiger charge is 2.06. The van der Waals surface area contributed by atoms with E-state index in [0.717, 1.165) is 16.3 Å². The first-order valence-electron chi connectivity index (χ1n) is 4.61. The Labute approximate surface area is 120 Å². The van der Waals surface area contributed by atoms with Crippen molar-refractivity contribution in [2.45, 2.75) is 0 Å². The van der Waals surface area contributed by atoms with Crippen LogP contribution in [0.3, 0.4) is 0 Å². The number of imidazole rings is 1. The number of nitrogens with zero attached hydrogens (tertiary/aromatic N) is 2. The van der Waals surface area contributed by atoms with Crippen molar-refractivity contribution in [2.75, 3.05) is 0 Å². The predicted octanol–water partition coefficient (Wildman–Crippen LogP) is -0.620. The van der Waals surface area contributed by atoms with Gasteiger partial charge in [-0.2, -0.15) is 0 Å². The van der Waals surface area contributed by atoms with E-state index in [4.69, 9.17) is 4.42 Å². The van der Waals surface area contributed by atoms with Gasteiger partial charge in [0.15, 0.2) is 4.67 Å². The van der Waals surface area contributed by atoms with E-state index in [2.05, 4.69) is 25.1 Å². The van der Waals surface area contributed by atoms with Gasteiger partial charge in [0.2, 0.25) is 0 Å². The molecule has 0 bridgehead atoms. The third-order valence-corrected chi connectivity index (χ3v) is 2.65. The number of hydrogen-bond acceptors (Lipinski definition) is 1. The van der Waals surface area contributed by atoms with Crippen molar-refractivity contribution < 1.29 is 33.0 Å². The lowest BCUT2D eigenvalue weighted by Gasteiger charge is -1.89. The highest BCUT2D eigenvalue weighted by molar-refractivity contribution is 9.10. The number of rotatable bonds is 2. The smallest absolute Gasteiger partial charge is 0.281 e. The summed E-state index contributed by atoms with van der Waals surface area (Å²) in [5.74, 6) is 1.95. The van der Waals surface area contributed by atoms with Crippen molar-refractivity contribution in [3.8, 4) is 0 Å². The Bertz CT molecular complexity index is 482. The summed E-state index contributed by atoms with van der Waals surface area (Å²) in [6, 6.07) is 3.80. The maximum Gasteiger partial charge on any atom is 0.281 e. The fraction of sp³-hybridized carbons (Fsp3) is 0.182. The SMILES string of the molecule is Cn1cc[n+](C)c1/C=C/c1ccc(Br)o1.[I-]. The van der Waals surface area contributed by atoms with Crippen molar-refractivity contribution in [3.63, 3.8) is 0 Å². The molecule has 2 rings (SSSR count). The average molecular weight is 395 g/mol. The third kappa shape index (κ3) is 2.98. The maximum atomic E-state index is 5.37. The molecule has 2 heterocycles. The molecule has 16 heavy (non-hydrogen) atoms. The largest absolute Gasteiger partial charge is 1.00 e. The third-order valence-electron chi connectivity index (χ3n) is 2.23. The first-order chi connectivity index (χ1) is 7.16. The van der Waals surface area contributed by atoms with E-state index in [-0.39, 0.29) is 24.0 Å². The highest BCUT2D eigenvalue weighted by atomic mass is 127. The van der Waals surface area contributed by atoms with Gasteiger partial charge in [-0.05, 0) is 34.1 Å². The summed E-state index contributed by atoms with van der Waals surface area (Å²) in [6.07, 6.45) is 7.99. The van der Waals surface area contributed by atoms with E-state index in [1.165, 1.54) is 0 Å². The molecule has 0 atom stereocenters. The molecule has 0 aliphatic rings. The fourth-order valence-corrected chi connectivity index (χ4v) is 1.73. The predicted molar refractivity (Wildman–Crippen MR) is 61.9 cm³/mol. The number of furan rings is 1. The lowest BCUT2D eigenvalue weighted by Crippen LogP contribution is -3.00. The minimum atomic E-state index is 0. The maximum absolute atomic E-state index is 5.37. The lowest BCUT2D eigenvalue weighted by molar-refractivity contribution is -0.672. The number of aromatic nitrogens is 2. The van der Waals surface area contributed by atoms with Gasteiger partial charge in [0.05, 0.1) is 14.1 Å².